The molecule has 0 aliphatic rings. The van der Waals surface area contributed by atoms with Crippen molar-refractivity contribution in [2.45, 2.75) is 25.8 Å². The van der Waals surface area contributed by atoms with Crippen LogP contribution in [0.25, 0.3) is 10.9 Å². The van der Waals surface area contributed by atoms with Crippen LogP contribution in [0.1, 0.15) is 20.3 Å². The van der Waals surface area contributed by atoms with Gasteiger partial charge in [0.1, 0.15) is 0 Å². The molecule has 4 nitrogen and oxygen atoms in total. The summed E-state index contributed by atoms with van der Waals surface area (Å²) in [5.74, 6) is -2.32. The molecular weight excluding hydrogens is 333 g/mol. The van der Waals surface area contributed by atoms with Crippen LogP contribution in [0.5, 0.6) is 0 Å². The minimum atomic E-state index is -2.41. The number of nitrogens with zero attached hydrogens (tertiary/aromatic N) is 2. The van der Waals surface area contributed by atoms with Crippen molar-refractivity contribution in [1.82, 2.24) is 9.78 Å². The molecule has 1 heterocycles. The summed E-state index contributed by atoms with van der Waals surface area (Å²) in [6.45, 7) is 2.61. The van der Waals surface area contributed by atoms with Gasteiger partial charge in [-0.25, -0.2) is 13.9 Å². The van der Waals surface area contributed by atoms with Gasteiger partial charge in [-0.1, -0.05) is 23.7 Å². The van der Waals surface area contributed by atoms with E-state index in [1.165, 1.54) is 4.68 Å². The highest BCUT2D eigenvalue weighted by Gasteiger charge is 2.34. The number of halogens is 4. The molecule has 8 heteroatoms. The first-order valence-electron chi connectivity index (χ1n) is 6.75. The van der Waals surface area contributed by atoms with Crippen LogP contribution >= 0.6 is 11.6 Å². The van der Waals surface area contributed by atoms with Crippen molar-refractivity contribution in [2.24, 2.45) is 0 Å². The molecule has 2 rings (SSSR count). The minimum Gasteiger partial charge on any atom is -0.463 e. The number of esters is 1. The zero-order valence-electron chi connectivity index (χ0n) is 12.4. The van der Waals surface area contributed by atoms with Gasteiger partial charge >= 0.3 is 12.0 Å². The second-order valence-electron chi connectivity index (χ2n) is 5.33. The Labute approximate surface area is 135 Å². The van der Waals surface area contributed by atoms with E-state index in [2.05, 4.69) is 5.10 Å². The van der Waals surface area contributed by atoms with Crippen LogP contribution in [0, 0.1) is 0 Å². The number of aromatic nitrogens is 2. The summed E-state index contributed by atoms with van der Waals surface area (Å²) in [5.41, 5.74) is -0.610. The van der Waals surface area contributed by atoms with Gasteiger partial charge in [0.05, 0.1) is 12.1 Å². The highest BCUT2D eigenvalue weighted by atomic mass is 35.5. The number of ether oxygens (including phenoxy) is 1. The zero-order valence-corrected chi connectivity index (χ0v) is 13.2. The fourth-order valence-corrected chi connectivity index (χ4v) is 2.28. The summed E-state index contributed by atoms with van der Waals surface area (Å²) in [6, 6.07) is 7.05. The van der Waals surface area contributed by atoms with Crippen LogP contribution in [-0.2, 0) is 15.1 Å². The molecule has 0 aliphatic carbocycles. The quantitative estimate of drug-likeness (QED) is 0.752. The lowest BCUT2D eigenvalue weighted by Gasteiger charge is -2.24. The number of hydrogen-bond donors (Lipinski definition) is 0. The molecule has 0 saturated heterocycles. The van der Waals surface area contributed by atoms with E-state index in [1.807, 2.05) is 0 Å². The van der Waals surface area contributed by atoms with Gasteiger partial charge in [-0.05, 0) is 26.0 Å². The summed E-state index contributed by atoms with van der Waals surface area (Å²) < 4.78 is 42.9. The van der Waals surface area contributed by atoms with Gasteiger partial charge in [0.25, 0.3) is 0 Å². The van der Waals surface area contributed by atoms with E-state index in [4.69, 9.17) is 16.3 Å². The van der Waals surface area contributed by atoms with E-state index in [9.17, 15) is 18.0 Å². The number of benzene rings is 1. The zero-order chi connectivity index (χ0) is 17.2. The molecule has 2 aromatic rings. The average molecular weight is 347 g/mol. The fourth-order valence-electron chi connectivity index (χ4n) is 2.05. The molecule has 124 valence electrons. The van der Waals surface area contributed by atoms with Gasteiger partial charge in [-0.3, -0.25) is 0 Å². The third-order valence-electron chi connectivity index (χ3n) is 3.33. The highest BCUT2D eigenvalue weighted by molar-refractivity contribution is 6.34. The van der Waals surface area contributed by atoms with Crippen molar-refractivity contribution in [3.8, 4) is 0 Å². The fraction of sp³-hybridized carbons (Fsp3) is 0.333. The summed E-state index contributed by atoms with van der Waals surface area (Å²) in [4.78, 5) is 12.2. The molecule has 1 aromatic heterocycles. The lowest BCUT2D eigenvalue weighted by atomic mass is 10.1. The monoisotopic (exact) mass is 346 g/mol. The van der Waals surface area contributed by atoms with Crippen molar-refractivity contribution in [1.29, 1.82) is 0 Å². The Bertz CT molecular complexity index is 767. The molecule has 0 saturated carbocycles. The molecule has 0 aliphatic heterocycles. The van der Waals surface area contributed by atoms with Crippen molar-refractivity contribution < 1.29 is 22.7 Å². The molecule has 0 N–H and O–H groups in total. The summed E-state index contributed by atoms with van der Waals surface area (Å²) in [7, 11) is 0. The average Bonchev–Trinajstić information content (AvgIpc) is 2.85. The van der Waals surface area contributed by atoms with E-state index >= 15 is 0 Å². The number of carbonyl (C=O) groups excluding carboxylic acids is 1. The Morgan fingerprint density at radius 2 is 1.96 bits per heavy atom. The normalized spacial score (nSPS) is 11.6. The summed E-state index contributed by atoms with van der Waals surface area (Å²) in [5, 5.41) is 5.03. The first-order valence-corrected chi connectivity index (χ1v) is 7.13. The third-order valence-corrected chi connectivity index (χ3v) is 3.61. The number of fused-ring (bicyclic) bond motifs is 1. The van der Waals surface area contributed by atoms with Crippen LogP contribution in [0.2, 0.25) is 5.15 Å². The summed E-state index contributed by atoms with van der Waals surface area (Å²) in [6.07, 6.45) is -3.09. The molecule has 23 heavy (non-hydrogen) atoms. The Morgan fingerprint density at radius 3 is 2.61 bits per heavy atom. The topological polar surface area (TPSA) is 44.1 Å². The smallest absolute Gasteiger partial charge is 0.333 e. The van der Waals surface area contributed by atoms with Crippen LogP contribution in [-0.4, -0.2) is 22.4 Å². The summed E-state index contributed by atoms with van der Waals surface area (Å²) >= 11 is 6.05. The maximum Gasteiger partial charge on any atom is 0.333 e. The van der Waals surface area contributed by atoms with Crippen molar-refractivity contribution in [3.05, 3.63) is 41.3 Å². The van der Waals surface area contributed by atoms with Gasteiger partial charge in [0, 0.05) is 11.8 Å². The molecule has 0 unspecified atom stereocenters. The van der Waals surface area contributed by atoms with Crippen LogP contribution in [0.4, 0.5) is 13.2 Å². The molecule has 0 radical (unpaired) electrons. The highest BCUT2D eigenvalue weighted by Crippen LogP contribution is 2.28. The molecule has 0 atom stereocenters. The predicted octanol–water partition coefficient (Wildman–Crippen LogP) is 4.44. The predicted molar refractivity (Wildman–Crippen MR) is 80.0 cm³/mol. The van der Waals surface area contributed by atoms with E-state index in [1.54, 1.807) is 38.1 Å². The Balaban J connectivity index is 2.20. The molecular formula is C15H14ClF3N2O2. The van der Waals surface area contributed by atoms with Crippen molar-refractivity contribution in [2.75, 3.05) is 6.61 Å². The Morgan fingerprint density at radius 1 is 1.30 bits per heavy atom. The maximum atomic E-state index is 12.7. The van der Waals surface area contributed by atoms with Crippen LogP contribution in [0.15, 0.2) is 36.2 Å². The third kappa shape index (κ3) is 3.50. The Kier molecular flexibility index (Phi) is 4.99. The molecule has 0 bridgehead atoms. The largest absolute Gasteiger partial charge is 0.463 e. The van der Waals surface area contributed by atoms with Crippen LogP contribution in [0.3, 0.4) is 0 Å². The number of para-hydroxylation sites is 1. The van der Waals surface area contributed by atoms with Gasteiger partial charge in [0.15, 0.2) is 16.5 Å². The van der Waals surface area contributed by atoms with Gasteiger partial charge in [-0.15, -0.1) is 0 Å². The number of carbonyl (C=O) groups is 1. The van der Waals surface area contributed by atoms with E-state index in [-0.39, 0.29) is 5.15 Å². The van der Waals surface area contributed by atoms with E-state index in [0.717, 1.165) is 0 Å². The molecule has 1 aromatic carbocycles. The number of rotatable bonds is 5. The second-order valence-corrected chi connectivity index (χ2v) is 5.69. The molecule has 0 spiro atoms. The molecule has 0 amide bonds. The van der Waals surface area contributed by atoms with Crippen LogP contribution < -0.4 is 0 Å². The SMILES string of the molecule is CC(C)(C(=O)OCCC(F)=C(F)F)n1nc(Cl)c2ccccc21. The van der Waals surface area contributed by atoms with Gasteiger partial charge in [-0.2, -0.15) is 13.9 Å². The van der Waals surface area contributed by atoms with Gasteiger partial charge in [0.2, 0.25) is 0 Å². The Hall–Kier alpha value is -2.02. The minimum absolute atomic E-state index is 0.231. The molecule has 0 fully saturated rings. The number of hydrogen-bond acceptors (Lipinski definition) is 3. The first-order chi connectivity index (χ1) is 10.7. The lowest BCUT2D eigenvalue weighted by molar-refractivity contribution is -0.153. The van der Waals surface area contributed by atoms with E-state index in [0.29, 0.717) is 10.9 Å². The standard InChI is InChI=1S/C15H14ClF3N2O2/c1-15(2,14(22)23-8-7-10(17)13(18)19)21-11-6-4-3-5-9(11)12(16)20-21/h3-6H,7-8H2,1-2H3. The second kappa shape index (κ2) is 6.62. The first kappa shape index (κ1) is 17.3. The lowest BCUT2D eigenvalue weighted by Crippen LogP contribution is -2.38. The van der Waals surface area contributed by atoms with Crippen molar-refractivity contribution >= 4 is 28.5 Å². The van der Waals surface area contributed by atoms with E-state index < -0.39 is 36.4 Å². The maximum absolute atomic E-state index is 12.7. The van der Waals surface area contributed by atoms with Gasteiger partial charge < -0.3 is 4.74 Å². The van der Waals surface area contributed by atoms with Crippen molar-refractivity contribution in [3.63, 3.8) is 0 Å².